The number of benzene rings is 1. The molecule has 0 spiro atoms. The quantitative estimate of drug-likeness (QED) is 0.847. The molecule has 21 heavy (non-hydrogen) atoms. The predicted octanol–water partition coefficient (Wildman–Crippen LogP) is 4.26. The molecule has 1 unspecified atom stereocenters. The first-order chi connectivity index (χ1) is 10.0. The topological polar surface area (TPSA) is 63.8 Å². The number of nitrogens with two attached hydrogens (primary N) is 1. The van der Waals surface area contributed by atoms with Crippen molar-refractivity contribution < 1.29 is 0 Å². The van der Waals surface area contributed by atoms with E-state index in [0.717, 1.165) is 34.5 Å². The summed E-state index contributed by atoms with van der Waals surface area (Å²) in [6, 6.07) is 8.41. The summed E-state index contributed by atoms with van der Waals surface area (Å²) in [6.07, 6.45) is 1.84. The fourth-order valence-corrected chi connectivity index (χ4v) is 2.36. The summed E-state index contributed by atoms with van der Waals surface area (Å²) >= 11 is 3.45. The van der Waals surface area contributed by atoms with Gasteiger partial charge in [-0.25, -0.2) is 9.97 Å². The second-order valence-electron chi connectivity index (χ2n) is 5.17. The Hall–Kier alpha value is -1.62. The van der Waals surface area contributed by atoms with Gasteiger partial charge >= 0.3 is 0 Å². The summed E-state index contributed by atoms with van der Waals surface area (Å²) in [4.78, 5) is 8.93. The Balaban J connectivity index is 2.23. The summed E-state index contributed by atoms with van der Waals surface area (Å²) in [5, 5.41) is 3.44. The molecule has 0 radical (unpaired) electrons. The normalized spacial score (nSPS) is 12.2. The highest BCUT2D eigenvalue weighted by Gasteiger charge is 2.12. The van der Waals surface area contributed by atoms with Crippen LogP contribution in [0.3, 0.4) is 0 Å². The molecule has 2 aromatic rings. The Bertz CT molecular complexity index is 610. The van der Waals surface area contributed by atoms with Crippen LogP contribution < -0.4 is 11.1 Å². The van der Waals surface area contributed by atoms with Crippen molar-refractivity contribution >= 4 is 27.6 Å². The van der Waals surface area contributed by atoms with Crippen molar-refractivity contribution in [1.82, 2.24) is 9.97 Å². The van der Waals surface area contributed by atoms with Gasteiger partial charge < -0.3 is 11.1 Å². The maximum Gasteiger partial charge on any atom is 0.135 e. The number of hydrogen-bond donors (Lipinski definition) is 2. The molecule has 0 bridgehead atoms. The zero-order valence-electron chi connectivity index (χ0n) is 12.7. The van der Waals surface area contributed by atoms with E-state index in [1.807, 2.05) is 19.1 Å². The van der Waals surface area contributed by atoms with Crippen LogP contribution in [-0.4, -0.2) is 9.97 Å². The Labute approximate surface area is 134 Å². The van der Waals surface area contributed by atoms with Crippen molar-refractivity contribution in [2.45, 2.75) is 39.7 Å². The molecule has 4 nitrogen and oxygen atoms in total. The van der Waals surface area contributed by atoms with Gasteiger partial charge in [0, 0.05) is 22.5 Å². The Morgan fingerprint density at radius 2 is 1.90 bits per heavy atom. The Kier molecular flexibility index (Phi) is 5.17. The van der Waals surface area contributed by atoms with E-state index in [4.69, 9.17) is 5.73 Å². The van der Waals surface area contributed by atoms with Gasteiger partial charge in [-0.05, 0) is 38.0 Å². The Morgan fingerprint density at radius 3 is 2.52 bits per heavy atom. The van der Waals surface area contributed by atoms with Crippen LogP contribution in [0.4, 0.5) is 11.6 Å². The van der Waals surface area contributed by atoms with E-state index in [1.165, 1.54) is 5.56 Å². The summed E-state index contributed by atoms with van der Waals surface area (Å²) in [7, 11) is 0. The first-order valence-electron chi connectivity index (χ1n) is 7.16. The molecule has 0 saturated heterocycles. The minimum atomic E-state index is 0.153. The second-order valence-corrected chi connectivity index (χ2v) is 6.08. The molecule has 0 fully saturated rings. The van der Waals surface area contributed by atoms with Crippen LogP contribution in [0.25, 0.3) is 0 Å². The zero-order chi connectivity index (χ0) is 15.4. The van der Waals surface area contributed by atoms with Gasteiger partial charge in [0.15, 0.2) is 0 Å². The van der Waals surface area contributed by atoms with Gasteiger partial charge in [0.05, 0.1) is 0 Å². The molecule has 0 aliphatic rings. The molecule has 1 aromatic carbocycles. The van der Waals surface area contributed by atoms with E-state index in [1.54, 1.807) is 0 Å². The van der Waals surface area contributed by atoms with Crippen molar-refractivity contribution in [2.75, 3.05) is 11.1 Å². The van der Waals surface area contributed by atoms with Crippen molar-refractivity contribution in [1.29, 1.82) is 0 Å². The van der Waals surface area contributed by atoms with E-state index in [9.17, 15) is 0 Å². The minimum Gasteiger partial charge on any atom is -0.383 e. The number of nitrogens with one attached hydrogen (secondary N) is 1. The molecule has 2 rings (SSSR count). The van der Waals surface area contributed by atoms with Crippen molar-refractivity contribution in [3.63, 3.8) is 0 Å². The van der Waals surface area contributed by atoms with E-state index in [0.29, 0.717) is 5.82 Å². The summed E-state index contributed by atoms with van der Waals surface area (Å²) in [5.41, 5.74) is 8.09. The monoisotopic (exact) mass is 348 g/mol. The van der Waals surface area contributed by atoms with Crippen LogP contribution in [0.2, 0.25) is 0 Å². The van der Waals surface area contributed by atoms with Crippen LogP contribution >= 0.6 is 15.9 Å². The number of rotatable bonds is 5. The molecule has 0 amide bonds. The maximum absolute atomic E-state index is 5.99. The SMILES string of the molecule is CCCc1nc(N)c(C)c(NC(C)c2ccc(Br)cc2)n1. The van der Waals surface area contributed by atoms with Gasteiger partial charge in [-0.1, -0.05) is 35.0 Å². The number of halogens is 1. The summed E-state index contributed by atoms with van der Waals surface area (Å²) in [5.74, 6) is 2.17. The Morgan fingerprint density at radius 1 is 1.24 bits per heavy atom. The van der Waals surface area contributed by atoms with Crippen molar-refractivity contribution in [3.05, 3.63) is 45.7 Å². The molecule has 1 aromatic heterocycles. The lowest BCUT2D eigenvalue weighted by atomic mass is 10.1. The van der Waals surface area contributed by atoms with E-state index >= 15 is 0 Å². The third-order valence-electron chi connectivity index (χ3n) is 3.43. The maximum atomic E-state index is 5.99. The highest BCUT2D eigenvalue weighted by Crippen LogP contribution is 2.24. The number of aromatic nitrogens is 2. The standard InChI is InChI=1S/C16H21BrN4/c1-4-5-14-20-15(18)10(2)16(21-14)19-11(3)12-6-8-13(17)9-7-12/h6-9,11H,4-5H2,1-3H3,(H3,18,19,20,21). The largest absolute Gasteiger partial charge is 0.383 e. The number of hydrogen-bond acceptors (Lipinski definition) is 4. The average Bonchev–Trinajstić information content (AvgIpc) is 2.45. The van der Waals surface area contributed by atoms with E-state index in [-0.39, 0.29) is 6.04 Å². The van der Waals surface area contributed by atoms with Crippen molar-refractivity contribution in [2.24, 2.45) is 0 Å². The van der Waals surface area contributed by atoms with Gasteiger partial charge in [0.1, 0.15) is 17.5 Å². The molecule has 1 heterocycles. The number of anilines is 2. The van der Waals surface area contributed by atoms with Crippen LogP contribution in [-0.2, 0) is 6.42 Å². The number of nitrogens with zero attached hydrogens (tertiary/aromatic N) is 2. The zero-order valence-corrected chi connectivity index (χ0v) is 14.2. The molecule has 112 valence electrons. The van der Waals surface area contributed by atoms with Gasteiger partial charge in [-0.2, -0.15) is 0 Å². The van der Waals surface area contributed by atoms with Gasteiger partial charge in [0.25, 0.3) is 0 Å². The highest BCUT2D eigenvalue weighted by atomic mass is 79.9. The molecule has 0 saturated carbocycles. The lowest BCUT2D eigenvalue weighted by Gasteiger charge is -2.18. The van der Waals surface area contributed by atoms with Crippen LogP contribution in [0.15, 0.2) is 28.7 Å². The minimum absolute atomic E-state index is 0.153. The fraction of sp³-hybridized carbons (Fsp3) is 0.375. The highest BCUT2D eigenvalue weighted by molar-refractivity contribution is 9.10. The lowest BCUT2D eigenvalue weighted by molar-refractivity contribution is 0.817. The smallest absolute Gasteiger partial charge is 0.135 e. The molecule has 3 N–H and O–H groups in total. The molecular weight excluding hydrogens is 328 g/mol. The molecule has 0 aliphatic carbocycles. The summed E-state index contributed by atoms with van der Waals surface area (Å²) < 4.78 is 1.08. The van der Waals surface area contributed by atoms with Gasteiger partial charge in [-0.3, -0.25) is 0 Å². The first kappa shape index (κ1) is 15.8. The van der Waals surface area contributed by atoms with Crippen LogP contribution in [0.1, 0.15) is 43.3 Å². The molecule has 5 heteroatoms. The van der Waals surface area contributed by atoms with Crippen molar-refractivity contribution in [3.8, 4) is 0 Å². The number of aryl methyl sites for hydroxylation is 1. The van der Waals surface area contributed by atoms with Crippen LogP contribution in [0, 0.1) is 6.92 Å². The molecule has 0 aliphatic heterocycles. The fourth-order valence-electron chi connectivity index (χ4n) is 2.10. The van der Waals surface area contributed by atoms with Crippen LogP contribution in [0.5, 0.6) is 0 Å². The van der Waals surface area contributed by atoms with E-state index < -0.39 is 0 Å². The molecular formula is C16H21BrN4. The lowest BCUT2D eigenvalue weighted by Crippen LogP contribution is -2.13. The predicted molar refractivity (Wildman–Crippen MR) is 91.4 cm³/mol. The third kappa shape index (κ3) is 3.94. The van der Waals surface area contributed by atoms with Gasteiger partial charge in [0.2, 0.25) is 0 Å². The number of nitrogen functional groups attached to an aromatic ring is 1. The van der Waals surface area contributed by atoms with E-state index in [2.05, 4.69) is 57.2 Å². The average molecular weight is 349 g/mol. The first-order valence-corrected chi connectivity index (χ1v) is 7.95. The third-order valence-corrected chi connectivity index (χ3v) is 3.96. The molecule has 1 atom stereocenters. The second kappa shape index (κ2) is 6.89. The van der Waals surface area contributed by atoms with Gasteiger partial charge in [-0.15, -0.1) is 0 Å². The summed E-state index contributed by atoms with van der Waals surface area (Å²) in [6.45, 7) is 6.17.